The molecule has 17 heteroatoms. The lowest BCUT2D eigenvalue weighted by Crippen LogP contribution is -2.45. The summed E-state index contributed by atoms with van der Waals surface area (Å²) < 4.78 is 54.3. The molecule has 0 bridgehead atoms. The summed E-state index contributed by atoms with van der Waals surface area (Å²) in [6.07, 6.45) is 0.0331. The SMILES string of the molecule is COCCOCCn1cc(NC(=O)c2cccc(Nc3cnc(N4CCN(C)CC4)c(C(F)(F)F)c3)n2)c(-c2ccccn2)n1.O=CO. The maximum atomic E-state index is 14.1. The number of carbonyl (C=O) groups is 2. The molecule has 0 aromatic carbocycles. The smallest absolute Gasteiger partial charge is 0.420 e. The number of hydrogen-bond acceptors (Lipinski definition) is 11. The summed E-state index contributed by atoms with van der Waals surface area (Å²) in [7, 11) is 3.53. The minimum atomic E-state index is -4.61. The second-order valence-corrected chi connectivity index (χ2v) is 10.5. The molecule has 14 nitrogen and oxygen atoms in total. The molecule has 0 aliphatic carbocycles. The predicted molar refractivity (Wildman–Crippen MR) is 171 cm³/mol. The first-order chi connectivity index (χ1) is 23.1. The van der Waals surface area contributed by atoms with Gasteiger partial charge in [-0.3, -0.25) is 19.3 Å². The second-order valence-electron chi connectivity index (χ2n) is 10.5. The van der Waals surface area contributed by atoms with E-state index in [1.54, 1.807) is 53.4 Å². The number of halogens is 3. The minimum absolute atomic E-state index is 0.0423. The number of alkyl halides is 3. The first kappa shape index (κ1) is 35.7. The fourth-order valence-electron chi connectivity index (χ4n) is 4.69. The molecule has 3 N–H and O–H groups in total. The molecule has 1 fully saturated rings. The number of carbonyl (C=O) groups excluding carboxylic acids is 1. The zero-order valence-electron chi connectivity index (χ0n) is 26.4. The molecule has 0 radical (unpaired) electrons. The number of carboxylic acid groups (broad SMARTS) is 1. The Labute approximate surface area is 274 Å². The number of rotatable bonds is 12. The molecule has 1 saturated heterocycles. The Morgan fingerprint density at radius 3 is 2.52 bits per heavy atom. The molecule has 5 rings (SSSR count). The number of nitrogens with one attached hydrogen (secondary N) is 2. The molecule has 0 unspecified atom stereocenters. The molecule has 48 heavy (non-hydrogen) atoms. The highest BCUT2D eigenvalue weighted by Crippen LogP contribution is 2.37. The van der Waals surface area contributed by atoms with Crippen molar-refractivity contribution in [2.45, 2.75) is 12.7 Å². The normalized spacial score (nSPS) is 13.4. The molecule has 4 aromatic heterocycles. The highest BCUT2D eigenvalue weighted by atomic mass is 19.4. The van der Waals surface area contributed by atoms with Gasteiger partial charge in [-0.1, -0.05) is 12.1 Å². The second kappa shape index (κ2) is 17.1. The summed E-state index contributed by atoms with van der Waals surface area (Å²) in [5.74, 6) is -0.460. The highest BCUT2D eigenvalue weighted by molar-refractivity contribution is 6.04. The number of pyridine rings is 3. The predicted octanol–water partition coefficient (Wildman–Crippen LogP) is 3.87. The topological polar surface area (TPSA) is 160 Å². The van der Waals surface area contributed by atoms with Crippen LogP contribution in [-0.4, -0.2) is 107 Å². The van der Waals surface area contributed by atoms with Crippen LogP contribution in [0.3, 0.4) is 0 Å². The first-order valence-electron chi connectivity index (χ1n) is 14.8. The molecule has 5 heterocycles. The third kappa shape index (κ3) is 9.93. The monoisotopic (exact) mass is 671 g/mol. The number of methoxy groups -OCH3 is 1. The van der Waals surface area contributed by atoms with Crippen LogP contribution in [0.5, 0.6) is 0 Å². The van der Waals surface area contributed by atoms with E-state index in [1.807, 2.05) is 13.1 Å². The lowest BCUT2D eigenvalue weighted by molar-refractivity contribution is -0.137. The number of aromatic nitrogens is 5. The molecule has 1 aliphatic rings. The number of piperazine rings is 1. The van der Waals surface area contributed by atoms with Crippen molar-refractivity contribution in [2.75, 3.05) is 75.7 Å². The van der Waals surface area contributed by atoms with E-state index in [2.05, 4.69) is 35.6 Å². The van der Waals surface area contributed by atoms with Crippen molar-refractivity contribution >= 4 is 35.4 Å². The Morgan fingerprint density at radius 2 is 1.83 bits per heavy atom. The largest absolute Gasteiger partial charge is 0.483 e. The van der Waals surface area contributed by atoms with E-state index in [1.165, 1.54) is 12.3 Å². The van der Waals surface area contributed by atoms with Crippen LogP contribution in [-0.2, 0) is 27.0 Å². The van der Waals surface area contributed by atoms with Gasteiger partial charge in [0.2, 0.25) is 0 Å². The maximum absolute atomic E-state index is 14.1. The van der Waals surface area contributed by atoms with Gasteiger partial charge in [0, 0.05) is 45.7 Å². The van der Waals surface area contributed by atoms with Crippen LogP contribution in [0.1, 0.15) is 16.1 Å². The number of amides is 1. The van der Waals surface area contributed by atoms with Crippen molar-refractivity contribution in [3.8, 4) is 11.4 Å². The Morgan fingerprint density at radius 1 is 1.06 bits per heavy atom. The number of hydrogen-bond donors (Lipinski definition) is 3. The van der Waals surface area contributed by atoms with Crippen molar-refractivity contribution < 1.29 is 37.3 Å². The molecule has 256 valence electrons. The van der Waals surface area contributed by atoms with E-state index >= 15 is 0 Å². The van der Waals surface area contributed by atoms with E-state index in [0.29, 0.717) is 69.6 Å². The van der Waals surface area contributed by atoms with Gasteiger partial charge in [0.05, 0.1) is 49.6 Å². The van der Waals surface area contributed by atoms with E-state index in [9.17, 15) is 18.0 Å². The Bertz CT molecular complexity index is 1630. The summed E-state index contributed by atoms with van der Waals surface area (Å²) >= 11 is 0. The lowest BCUT2D eigenvalue weighted by Gasteiger charge is -2.34. The highest BCUT2D eigenvalue weighted by Gasteiger charge is 2.37. The van der Waals surface area contributed by atoms with Crippen LogP contribution >= 0.6 is 0 Å². The van der Waals surface area contributed by atoms with Gasteiger partial charge in [0.15, 0.2) is 0 Å². The van der Waals surface area contributed by atoms with Crippen LogP contribution in [0.4, 0.5) is 36.2 Å². The molecule has 1 aliphatic heterocycles. The fraction of sp³-hybridized carbons (Fsp3) is 0.355. The van der Waals surface area contributed by atoms with Gasteiger partial charge in [-0.25, -0.2) is 9.97 Å². The molecule has 4 aromatic rings. The van der Waals surface area contributed by atoms with Gasteiger partial charge in [-0.2, -0.15) is 18.3 Å². The average Bonchev–Trinajstić information content (AvgIpc) is 3.48. The summed E-state index contributed by atoms with van der Waals surface area (Å²) in [4.78, 5) is 38.2. The van der Waals surface area contributed by atoms with Gasteiger partial charge >= 0.3 is 6.18 Å². The van der Waals surface area contributed by atoms with Crippen molar-refractivity contribution in [3.05, 3.63) is 72.3 Å². The fourth-order valence-corrected chi connectivity index (χ4v) is 4.69. The Balaban J connectivity index is 0.00000167. The zero-order valence-corrected chi connectivity index (χ0v) is 26.4. The Kier molecular flexibility index (Phi) is 12.8. The number of nitrogens with zero attached hydrogens (tertiary/aromatic N) is 7. The summed E-state index contributed by atoms with van der Waals surface area (Å²) in [6, 6.07) is 11.0. The van der Waals surface area contributed by atoms with Gasteiger partial charge in [-0.15, -0.1) is 0 Å². The van der Waals surface area contributed by atoms with Crippen LogP contribution in [0.25, 0.3) is 11.4 Å². The van der Waals surface area contributed by atoms with E-state index in [0.717, 1.165) is 6.07 Å². The van der Waals surface area contributed by atoms with Crippen molar-refractivity contribution in [1.29, 1.82) is 0 Å². The average molecular weight is 672 g/mol. The number of likely N-dealkylation sites (N-methyl/N-ethyl adjacent to an activating group) is 1. The number of anilines is 4. The molecule has 0 atom stereocenters. The van der Waals surface area contributed by atoms with Crippen LogP contribution < -0.4 is 15.5 Å². The summed E-state index contributed by atoms with van der Waals surface area (Å²) in [5.41, 5.74) is 0.727. The molecule has 1 amide bonds. The molecular formula is C31H36F3N9O5. The Hall–Kier alpha value is -5.13. The lowest BCUT2D eigenvalue weighted by atomic mass is 10.2. The third-order valence-corrected chi connectivity index (χ3v) is 7.04. The maximum Gasteiger partial charge on any atom is 0.420 e. The van der Waals surface area contributed by atoms with Crippen LogP contribution in [0, 0.1) is 0 Å². The number of ether oxygens (including phenoxy) is 2. The first-order valence-corrected chi connectivity index (χ1v) is 14.8. The van der Waals surface area contributed by atoms with E-state index in [-0.39, 0.29) is 29.5 Å². The quantitative estimate of drug-likeness (QED) is 0.148. The van der Waals surface area contributed by atoms with Gasteiger partial charge in [0.1, 0.15) is 28.6 Å². The minimum Gasteiger partial charge on any atom is -0.483 e. The van der Waals surface area contributed by atoms with Crippen molar-refractivity contribution in [3.63, 3.8) is 0 Å². The van der Waals surface area contributed by atoms with E-state index in [4.69, 9.17) is 19.4 Å². The van der Waals surface area contributed by atoms with Crippen LogP contribution in [0.15, 0.2) is 61.1 Å². The summed E-state index contributed by atoms with van der Waals surface area (Å²) in [5, 5.41) is 17.2. The van der Waals surface area contributed by atoms with Gasteiger partial charge in [0.25, 0.3) is 12.4 Å². The van der Waals surface area contributed by atoms with E-state index < -0.39 is 17.6 Å². The van der Waals surface area contributed by atoms with Crippen molar-refractivity contribution in [2.24, 2.45) is 0 Å². The molecule has 0 spiro atoms. The summed E-state index contributed by atoms with van der Waals surface area (Å²) in [6.45, 7) is 3.66. The molecule has 0 saturated carbocycles. The van der Waals surface area contributed by atoms with Crippen molar-refractivity contribution in [1.82, 2.24) is 29.6 Å². The van der Waals surface area contributed by atoms with Gasteiger partial charge < -0.3 is 35.0 Å². The third-order valence-electron chi connectivity index (χ3n) is 7.04. The van der Waals surface area contributed by atoms with Gasteiger partial charge in [-0.05, 0) is 37.4 Å². The molecular weight excluding hydrogens is 635 g/mol. The standard InChI is InChI=1S/C30H34F3N9O3.CH2O2/c1-40-10-12-41(13-11-40)28-22(30(31,32)33)18-21(19-35-28)36-26-8-5-7-24(37-26)29(43)38-25-20-42(14-15-45-17-16-44-2)39-27(25)23-6-3-4-9-34-23;2-1-3/h3-9,18-20H,10-17H2,1-2H3,(H,36,37)(H,38,43);1H,(H,2,3). The zero-order chi connectivity index (χ0) is 34.5. The van der Waals surface area contributed by atoms with Crippen LogP contribution in [0.2, 0.25) is 0 Å².